The van der Waals surface area contributed by atoms with Crippen molar-refractivity contribution >= 4 is 6.02 Å². The molecule has 1 aliphatic heterocycles. The lowest BCUT2D eigenvalue weighted by molar-refractivity contribution is -0.194. The van der Waals surface area contributed by atoms with Crippen LogP contribution in [0.3, 0.4) is 0 Å². The van der Waals surface area contributed by atoms with E-state index < -0.39 is 6.29 Å². The molecule has 2 rings (SSSR count). The predicted octanol–water partition coefficient (Wildman–Crippen LogP) is 3.90. The first-order valence-corrected chi connectivity index (χ1v) is 6.95. The summed E-state index contributed by atoms with van der Waals surface area (Å²) in [6.45, 7) is 12.3. The highest BCUT2D eigenvalue weighted by Gasteiger charge is 2.39. The molecule has 0 bridgehead atoms. The molecular weight excluding hydrogens is 252 g/mol. The molecule has 4 heteroatoms. The lowest BCUT2D eigenvalue weighted by Gasteiger charge is -2.29. The van der Waals surface area contributed by atoms with Crippen LogP contribution in [0.1, 0.15) is 53.4 Å². The van der Waals surface area contributed by atoms with Crippen molar-refractivity contribution in [1.29, 1.82) is 0 Å². The van der Waals surface area contributed by atoms with Gasteiger partial charge in [-0.2, -0.15) is 5.06 Å². The molecule has 1 atom stereocenters. The molecule has 1 saturated heterocycles. The van der Waals surface area contributed by atoms with Crippen molar-refractivity contribution in [3.05, 3.63) is 35.9 Å². The fourth-order valence-electron chi connectivity index (χ4n) is 1.85. The van der Waals surface area contributed by atoms with Gasteiger partial charge in [0.15, 0.2) is 0 Å². The van der Waals surface area contributed by atoms with Gasteiger partial charge in [0.1, 0.15) is 0 Å². The van der Waals surface area contributed by atoms with Gasteiger partial charge in [-0.15, -0.1) is 0 Å². The quantitative estimate of drug-likeness (QED) is 0.780. The monoisotopic (exact) mass is 276 g/mol. The molecule has 1 heterocycles. The number of hydroxylamine groups is 2. The Balaban J connectivity index is 2.30. The Morgan fingerprint density at radius 3 is 2.10 bits per heavy atom. The Kier molecular flexibility index (Phi) is 3.78. The SMILES string of the molecule is CC(C)(C)N=C1OC(c2ccccc2)ON1C(C)(C)C. The van der Waals surface area contributed by atoms with Gasteiger partial charge in [-0.05, 0) is 41.5 Å². The van der Waals surface area contributed by atoms with Crippen LogP contribution in [-0.4, -0.2) is 22.2 Å². The predicted molar refractivity (Wildman–Crippen MR) is 80.1 cm³/mol. The van der Waals surface area contributed by atoms with E-state index in [9.17, 15) is 0 Å². The van der Waals surface area contributed by atoms with Gasteiger partial charge in [0, 0.05) is 5.56 Å². The number of aliphatic imine (C=N–C) groups is 1. The minimum atomic E-state index is -0.434. The van der Waals surface area contributed by atoms with Crippen molar-refractivity contribution in [2.75, 3.05) is 0 Å². The third kappa shape index (κ3) is 3.51. The van der Waals surface area contributed by atoms with Crippen molar-refractivity contribution < 1.29 is 9.57 Å². The van der Waals surface area contributed by atoms with Gasteiger partial charge in [-0.3, -0.25) is 0 Å². The average molecular weight is 276 g/mol. The number of hydrogen-bond donors (Lipinski definition) is 0. The maximum absolute atomic E-state index is 5.95. The molecule has 1 unspecified atom stereocenters. The van der Waals surface area contributed by atoms with Gasteiger partial charge in [0.2, 0.25) is 0 Å². The van der Waals surface area contributed by atoms with E-state index in [1.54, 1.807) is 5.06 Å². The first-order chi connectivity index (χ1) is 9.17. The van der Waals surface area contributed by atoms with Crippen molar-refractivity contribution in [2.24, 2.45) is 4.99 Å². The van der Waals surface area contributed by atoms with Crippen LogP contribution in [0.4, 0.5) is 0 Å². The number of benzene rings is 1. The summed E-state index contributed by atoms with van der Waals surface area (Å²) in [5.41, 5.74) is 0.558. The molecule has 1 fully saturated rings. The Hall–Kier alpha value is -1.55. The zero-order chi connectivity index (χ0) is 15.0. The third-order valence-corrected chi connectivity index (χ3v) is 2.70. The number of ether oxygens (including phenoxy) is 1. The van der Waals surface area contributed by atoms with E-state index in [-0.39, 0.29) is 11.1 Å². The molecule has 0 aromatic heterocycles. The van der Waals surface area contributed by atoms with Gasteiger partial charge in [0.25, 0.3) is 6.29 Å². The van der Waals surface area contributed by atoms with Gasteiger partial charge in [-0.25, -0.2) is 9.83 Å². The highest BCUT2D eigenvalue weighted by Crippen LogP contribution is 2.33. The average Bonchev–Trinajstić information content (AvgIpc) is 2.71. The first kappa shape index (κ1) is 14.9. The Morgan fingerprint density at radius 1 is 1.00 bits per heavy atom. The summed E-state index contributed by atoms with van der Waals surface area (Å²) in [4.78, 5) is 10.6. The molecule has 0 aliphatic carbocycles. The van der Waals surface area contributed by atoms with Crippen LogP contribution >= 0.6 is 0 Å². The fraction of sp³-hybridized carbons (Fsp3) is 0.562. The number of nitrogens with zero attached hydrogens (tertiary/aromatic N) is 2. The summed E-state index contributed by atoms with van der Waals surface area (Å²) in [5, 5.41) is 1.76. The van der Waals surface area contributed by atoms with Gasteiger partial charge < -0.3 is 4.74 Å². The Morgan fingerprint density at radius 2 is 1.60 bits per heavy atom. The molecule has 0 amide bonds. The lowest BCUT2D eigenvalue weighted by atomic mass is 10.1. The second-order valence-electron chi connectivity index (χ2n) is 7.00. The van der Waals surface area contributed by atoms with E-state index in [0.29, 0.717) is 6.02 Å². The molecule has 0 saturated carbocycles. The zero-order valence-electron chi connectivity index (χ0n) is 13.2. The standard InChI is InChI=1S/C16H24N2O2/c1-15(2,3)17-14-18(16(4,5)6)20-13(19-14)12-10-8-7-9-11-12/h7-11,13H,1-6H3. The zero-order valence-corrected chi connectivity index (χ0v) is 13.2. The summed E-state index contributed by atoms with van der Waals surface area (Å²) < 4.78 is 5.92. The molecule has 110 valence electrons. The normalized spacial score (nSPS) is 22.2. The summed E-state index contributed by atoms with van der Waals surface area (Å²) in [7, 11) is 0. The summed E-state index contributed by atoms with van der Waals surface area (Å²) >= 11 is 0. The highest BCUT2D eigenvalue weighted by molar-refractivity contribution is 5.75. The minimum absolute atomic E-state index is 0.215. The van der Waals surface area contributed by atoms with E-state index in [2.05, 4.69) is 25.8 Å². The van der Waals surface area contributed by atoms with Crippen LogP contribution in [0, 0.1) is 0 Å². The maximum Gasteiger partial charge on any atom is 0.315 e. The first-order valence-electron chi connectivity index (χ1n) is 6.95. The van der Waals surface area contributed by atoms with Crippen LogP contribution in [0.2, 0.25) is 0 Å². The van der Waals surface area contributed by atoms with Crippen molar-refractivity contribution in [2.45, 2.75) is 58.9 Å². The second-order valence-corrected chi connectivity index (χ2v) is 7.00. The fourth-order valence-corrected chi connectivity index (χ4v) is 1.85. The number of rotatable bonds is 1. The third-order valence-electron chi connectivity index (χ3n) is 2.70. The van der Waals surface area contributed by atoms with E-state index in [4.69, 9.17) is 9.57 Å². The molecule has 0 spiro atoms. The molecule has 1 aliphatic rings. The molecule has 1 aromatic carbocycles. The second kappa shape index (κ2) is 5.09. The topological polar surface area (TPSA) is 34.1 Å². The van der Waals surface area contributed by atoms with Crippen LogP contribution in [0.25, 0.3) is 0 Å². The smallest absolute Gasteiger partial charge is 0.315 e. The molecular formula is C16H24N2O2. The summed E-state index contributed by atoms with van der Waals surface area (Å²) in [6, 6.07) is 10.4. The summed E-state index contributed by atoms with van der Waals surface area (Å²) in [5.74, 6) is 0. The van der Waals surface area contributed by atoms with Gasteiger partial charge in [0.05, 0.1) is 11.1 Å². The molecule has 1 aromatic rings. The molecule has 20 heavy (non-hydrogen) atoms. The molecule has 4 nitrogen and oxygen atoms in total. The van der Waals surface area contributed by atoms with Crippen molar-refractivity contribution in [1.82, 2.24) is 5.06 Å². The van der Waals surface area contributed by atoms with Crippen LogP contribution in [0.15, 0.2) is 35.3 Å². The van der Waals surface area contributed by atoms with E-state index in [1.165, 1.54) is 0 Å². The van der Waals surface area contributed by atoms with Gasteiger partial charge in [-0.1, -0.05) is 30.3 Å². The van der Waals surface area contributed by atoms with E-state index in [0.717, 1.165) is 5.56 Å². The minimum Gasteiger partial charge on any atom is -0.427 e. The largest absolute Gasteiger partial charge is 0.427 e. The highest BCUT2D eigenvalue weighted by atomic mass is 16.9. The van der Waals surface area contributed by atoms with Crippen molar-refractivity contribution in [3.8, 4) is 0 Å². The number of hydrogen-bond acceptors (Lipinski definition) is 3. The maximum atomic E-state index is 5.95. The van der Waals surface area contributed by atoms with Crippen LogP contribution < -0.4 is 0 Å². The van der Waals surface area contributed by atoms with E-state index >= 15 is 0 Å². The van der Waals surface area contributed by atoms with Crippen molar-refractivity contribution in [3.63, 3.8) is 0 Å². The van der Waals surface area contributed by atoms with Crippen LogP contribution in [-0.2, 0) is 9.57 Å². The Bertz CT molecular complexity index is 483. The van der Waals surface area contributed by atoms with E-state index in [1.807, 2.05) is 51.1 Å². The van der Waals surface area contributed by atoms with Gasteiger partial charge >= 0.3 is 6.02 Å². The molecule has 0 N–H and O–H groups in total. The summed E-state index contributed by atoms with van der Waals surface area (Å²) in [6.07, 6.45) is -0.434. The Labute approximate surface area is 121 Å². The number of amidine groups is 1. The van der Waals surface area contributed by atoms with Crippen LogP contribution in [0.5, 0.6) is 0 Å². The molecule has 0 radical (unpaired) electrons. The lowest BCUT2D eigenvalue weighted by Crippen LogP contribution is -2.42.